The smallest absolute Gasteiger partial charge is 0.352 e. The second-order valence-electron chi connectivity index (χ2n) is 3.03. The van der Waals surface area contributed by atoms with Crippen molar-refractivity contribution in [3.8, 4) is 0 Å². The van der Waals surface area contributed by atoms with Gasteiger partial charge in [0.2, 0.25) is 0 Å². The average Bonchev–Trinajstić information content (AvgIpc) is 2.52. The van der Waals surface area contributed by atoms with Gasteiger partial charge in [0.15, 0.2) is 0 Å². The molecule has 4 heteroatoms. The van der Waals surface area contributed by atoms with Crippen LogP contribution in [0.1, 0.15) is 17.4 Å². The maximum absolute atomic E-state index is 10.9. The number of rotatable bonds is 2. The highest BCUT2D eigenvalue weighted by atomic mass is 32.1. The fraction of sp³-hybridized carbons (Fsp3) is 0.182. The monoisotopic (exact) mass is 223 g/mol. The molecule has 1 heterocycles. The van der Waals surface area contributed by atoms with E-state index in [4.69, 9.17) is 5.11 Å². The molecule has 0 spiro atoms. The predicted molar refractivity (Wildman–Crippen MR) is 64.4 cm³/mol. The van der Waals surface area contributed by atoms with E-state index in [-0.39, 0.29) is 5.69 Å². The van der Waals surface area contributed by atoms with E-state index in [1.165, 1.54) is 0 Å². The lowest BCUT2D eigenvalue weighted by atomic mass is 10.3. The molecule has 0 atom stereocenters. The SMILES string of the molecule is C/C=c1/cc(C(=O)O)n(C)/c1=C/C=C/S. The number of carboxylic acid groups (broad SMARTS) is 1. The number of allylic oxidation sites excluding steroid dienone is 1. The van der Waals surface area contributed by atoms with Gasteiger partial charge in [-0.1, -0.05) is 12.2 Å². The molecule has 0 aromatic carbocycles. The van der Waals surface area contributed by atoms with Gasteiger partial charge >= 0.3 is 5.97 Å². The number of hydrogen-bond donors (Lipinski definition) is 2. The van der Waals surface area contributed by atoms with Crippen molar-refractivity contribution in [2.45, 2.75) is 6.92 Å². The molecule has 0 aliphatic rings. The molecule has 0 bridgehead atoms. The Labute approximate surface area is 93.4 Å². The van der Waals surface area contributed by atoms with E-state index in [0.717, 1.165) is 10.6 Å². The summed E-state index contributed by atoms with van der Waals surface area (Å²) in [6.45, 7) is 1.88. The van der Waals surface area contributed by atoms with E-state index in [2.05, 4.69) is 12.6 Å². The summed E-state index contributed by atoms with van der Waals surface area (Å²) in [5, 5.41) is 12.3. The number of carboxylic acids is 1. The fourth-order valence-corrected chi connectivity index (χ4v) is 1.51. The zero-order chi connectivity index (χ0) is 11.4. The van der Waals surface area contributed by atoms with Gasteiger partial charge in [-0.3, -0.25) is 0 Å². The third-order valence-electron chi connectivity index (χ3n) is 2.18. The predicted octanol–water partition coefficient (Wildman–Crippen LogP) is 0.748. The van der Waals surface area contributed by atoms with Crippen LogP contribution < -0.4 is 10.6 Å². The van der Waals surface area contributed by atoms with Gasteiger partial charge in [0.25, 0.3) is 0 Å². The second-order valence-corrected chi connectivity index (χ2v) is 3.33. The van der Waals surface area contributed by atoms with Crippen molar-refractivity contribution < 1.29 is 9.90 Å². The molecule has 1 N–H and O–H groups in total. The first-order valence-corrected chi connectivity index (χ1v) is 5.00. The first kappa shape index (κ1) is 11.7. The van der Waals surface area contributed by atoms with Crippen LogP contribution in [0.5, 0.6) is 0 Å². The highest BCUT2D eigenvalue weighted by Crippen LogP contribution is 1.91. The zero-order valence-corrected chi connectivity index (χ0v) is 9.53. The summed E-state index contributed by atoms with van der Waals surface area (Å²) in [7, 11) is 1.73. The molecular weight excluding hydrogens is 210 g/mol. The van der Waals surface area contributed by atoms with Gasteiger partial charge in [0.1, 0.15) is 5.69 Å². The zero-order valence-electron chi connectivity index (χ0n) is 8.64. The van der Waals surface area contributed by atoms with Gasteiger partial charge in [0.05, 0.1) is 0 Å². The van der Waals surface area contributed by atoms with E-state index in [1.807, 2.05) is 19.1 Å². The largest absolute Gasteiger partial charge is 0.477 e. The average molecular weight is 223 g/mol. The number of nitrogens with zero attached hydrogens (tertiary/aromatic N) is 1. The van der Waals surface area contributed by atoms with Crippen molar-refractivity contribution in [1.82, 2.24) is 4.57 Å². The summed E-state index contributed by atoms with van der Waals surface area (Å²) in [5.74, 6) is -0.921. The van der Waals surface area contributed by atoms with Crippen molar-refractivity contribution in [1.29, 1.82) is 0 Å². The second kappa shape index (κ2) is 4.89. The molecule has 1 aromatic rings. The number of aromatic carboxylic acids is 1. The van der Waals surface area contributed by atoms with Gasteiger partial charge < -0.3 is 9.67 Å². The van der Waals surface area contributed by atoms with Crippen molar-refractivity contribution in [2.75, 3.05) is 0 Å². The maximum Gasteiger partial charge on any atom is 0.352 e. The topological polar surface area (TPSA) is 42.2 Å². The summed E-state index contributed by atoms with van der Waals surface area (Å²) in [6.07, 6.45) is 5.47. The Kier molecular flexibility index (Phi) is 3.80. The molecule has 0 aliphatic carbocycles. The number of hydrogen-bond acceptors (Lipinski definition) is 2. The number of carbonyl (C=O) groups is 1. The van der Waals surface area contributed by atoms with E-state index in [9.17, 15) is 4.79 Å². The quantitative estimate of drug-likeness (QED) is 0.726. The Hall–Kier alpha value is -1.42. The van der Waals surface area contributed by atoms with Crippen LogP contribution in [-0.4, -0.2) is 15.6 Å². The minimum absolute atomic E-state index is 0.280. The minimum atomic E-state index is -0.921. The number of aromatic nitrogens is 1. The van der Waals surface area contributed by atoms with Crippen LogP contribution in [0.25, 0.3) is 12.2 Å². The fourth-order valence-electron chi connectivity index (χ4n) is 1.42. The molecule has 80 valence electrons. The highest BCUT2D eigenvalue weighted by molar-refractivity contribution is 7.83. The minimum Gasteiger partial charge on any atom is -0.477 e. The van der Waals surface area contributed by atoms with Crippen molar-refractivity contribution in [2.24, 2.45) is 7.05 Å². The van der Waals surface area contributed by atoms with Gasteiger partial charge in [-0.15, -0.1) is 0 Å². The lowest BCUT2D eigenvalue weighted by Gasteiger charge is -1.95. The Bertz CT molecular complexity index is 511. The van der Waals surface area contributed by atoms with Gasteiger partial charge in [-0.05, 0) is 29.7 Å². The molecule has 0 saturated carbocycles. The van der Waals surface area contributed by atoms with E-state index >= 15 is 0 Å². The van der Waals surface area contributed by atoms with Gasteiger partial charge in [-0.2, -0.15) is 12.6 Å². The Morgan fingerprint density at radius 3 is 2.73 bits per heavy atom. The molecule has 0 fully saturated rings. The van der Waals surface area contributed by atoms with Gasteiger partial charge in [-0.25, -0.2) is 4.79 Å². The van der Waals surface area contributed by atoms with Gasteiger partial charge in [0, 0.05) is 12.4 Å². The van der Waals surface area contributed by atoms with Crippen LogP contribution in [0.15, 0.2) is 17.6 Å². The van der Waals surface area contributed by atoms with Crippen molar-refractivity contribution >= 4 is 30.8 Å². The molecule has 0 unspecified atom stereocenters. The van der Waals surface area contributed by atoms with Crippen LogP contribution in [0.2, 0.25) is 0 Å². The molecule has 15 heavy (non-hydrogen) atoms. The molecule has 3 nitrogen and oxygen atoms in total. The van der Waals surface area contributed by atoms with Crippen LogP contribution in [0, 0.1) is 0 Å². The lowest BCUT2D eigenvalue weighted by Crippen LogP contribution is -2.27. The highest BCUT2D eigenvalue weighted by Gasteiger charge is 2.08. The Balaban J connectivity index is 3.58. The van der Waals surface area contributed by atoms with E-state index < -0.39 is 5.97 Å². The van der Waals surface area contributed by atoms with E-state index in [1.54, 1.807) is 29.2 Å². The van der Waals surface area contributed by atoms with Crippen LogP contribution in [-0.2, 0) is 7.05 Å². The summed E-state index contributed by atoms with van der Waals surface area (Å²) in [6, 6.07) is 1.65. The Morgan fingerprint density at radius 2 is 2.27 bits per heavy atom. The first-order chi connectivity index (χ1) is 7.11. The molecule has 0 saturated heterocycles. The summed E-state index contributed by atoms with van der Waals surface area (Å²) < 4.78 is 1.64. The van der Waals surface area contributed by atoms with E-state index in [0.29, 0.717) is 0 Å². The van der Waals surface area contributed by atoms with Crippen LogP contribution in [0.4, 0.5) is 0 Å². The lowest BCUT2D eigenvalue weighted by molar-refractivity contribution is 0.0686. The molecule has 0 radical (unpaired) electrons. The summed E-state index contributed by atoms with van der Waals surface area (Å²) >= 11 is 3.95. The normalized spacial score (nSPS) is 14.1. The van der Waals surface area contributed by atoms with Crippen LogP contribution >= 0.6 is 12.6 Å². The molecule has 0 amide bonds. The summed E-state index contributed by atoms with van der Waals surface area (Å²) in [4.78, 5) is 10.9. The first-order valence-electron chi connectivity index (χ1n) is 4.48. The van der Waals surface area contributed by atoms with Crippen molar-refractivity contribution in [3.63, 3.8) is 0 Å². The Morgan fingerprint density at radius 1 is 1.60 bits per heavy atom. The molecule has 0 aliphatic heterocycles. The third kappa shape index (κ3) is 2.33. The molecule has 1 aromatic heterocycles. The summed E-state index contributed by atoms with van der Waals surface area (Å²) in [5.41, 5.74) is 0.280. The third-order valence-corrected chi connectivity index (χ3v) is 2.35. The maximum atomic E-state index is 10.9. The van der Waals surface area contributed by atoms with Crippen molar-refractivity contribution in [3.05, 3.63) is 33.8 Å². The molecule has 1 rings (SSSR count). The number of thiol groups is 1. The molecular formula is C11H13NO2S. The van der Waals surface area contributed by atoms with Crippen LogP contribution in [0.3, 0.4) is 0 Å². The standard InChI is InChI=1S/C11H13NO2S/c1-3-8-7-10(11(13)14)12(2)9(8)5-4-6-15/h3-7,15H,1-2H3,(H,13,14)/b6-4+,8-3-,9-5+.